The number of benzene rings is 3. The van der Waals surface area contributed by atoms with E-state index in [1.807, 2.05) is 6.20 Å². The Kier molecular flexibility index (Phi) is 7.28. The molecule has 6 rings (SSSR count). The molecule has 0 aliphatic carbocycles. The SMILES string of the molecule is CC(C)(C)c1ccnc(-c2ccc3c4ccccc4n(-c4cccc(-c5cc(C(C)(C)C)cc(C(C)(C)C)c5S)n4)c3c2)c1. The molecule has 0 fully saturated rings. The third kappa shape index (κ3) is 5.45. The van der Waals surface area contributed by atoms with Crippen LogP contribution in [0.4, 0.5) is 0 Å². The second-order valence-corrected chi connectivity index (χ2v) is 15.5. The molecule has 3 heterocycles. The quantitative estimate of drug-likeness (QED) is 0.206. The van der Waals surface area contributed by atoms with Gasteiger partial charge in [0.15, 0.2) is 0 Å². The van der Waals surface area contributed by atoms with Crippen LogP contribution in [0.25, 0.3) is 50.1 Å². The third-order valence-electron chi connectivity index (χ3n) is 8.62. The summed E-state index contributed by atoms with van der Waals surface area (Å²) >= 11 is 5.11. The second kappa shape index (κ2) is 10.6. The van der Waals surface area contributed by atoms with E-state index in [-0.39, 0.29) is 16.2 Å². The van der Waals surface area contributed by atoms with Crippen LogP contribution in [0.5, 0.6) is 0 Å². The molecule has 4 heteroatoms. The van der Waals surface area contributed by atoms with Gasteiger partial charge < -0.3 is 0 Å². The molecule has 0 aliphatic rings. The summed E-state index contributed by atoms with van der Waals surface area (Å²) < 4.78 is 2.29. The number of thiol groups is 1. The van der Waals surface area contributed by atoms with Crippen LogP contribution < -0.4 is 0 Å². The Morgan fingerprint density at radius 2 is 1.30 bits per heavy atom. The maximum absolute atomic E-state index is 5.34. The van der Waals surface area contributed by atoms with E-state index in [1.165, 1.54) is 27.5 Å². The first-order chi connectivity index (χ1) is 20.6. The standard InChI is InChI=1S/C40H43N3S/c1-38(2,3)26-19-20-41-33(24-26)25-17-18-29-28-13-10-11-15-34(28)43(35(29)21-25)36-16-12-14-32(42-36)30-22-27(39(4,5)6)23-31(37(30)44)40(7,8)9/h10-24,44H,1-9H3. The summed E-state index contributed by atoms with van der Waals surface area (Å²) in [6.07, 6.45) is 1.92. The van der Waals surface area contributed by atoms with Crippen molar-refractivity contribution in [3.63, 3.8) is 0 Å². The Morgan fingerprint density at radius 1 is 0.591 bits per heavy atom. The van der Waals surface area contributed by atoms with Gasteiger partial charge in [0.25, 0.3) is 0 Å². The molecule has 0 spiro atoms. The summed E-state index contributed by atoms with van der Waals surface area (Å²) in [4.78, 5) is 11.1. The number of aromatic nitrogens is 3. The van der Waals surface area contributed by atoms with E-state index in [1.54, 1.807) is 0 Å². The molecule has 0 N–H and O–H groups in total. The monoisotopic (exact) mass is 597 g/mol. The second-order valence-electron chi connectivity index (χ2n) is 15.1. The lowest BCUT2D eigenvalue weighted by atomic mass is 9.79. The van der Waals surface area contributed by atoms with Gasteiger partial charge in [-0.3, -0.25) is 9.55 Å². The van der Waals surface area contributed by atoms with Gasteiger partial charge in [-0.15, -0.1) is 12.6 Å². The van der Waals surface area contributed by atoms with Crippen molar-refractivity contribution in [1.29, 1.82) is 0 Å². The van der Waals surface area contributed by atoms with Crippen LogP contribution in [0, 0.1) is 0 Å². The van der Waals surface area contributed by atoms with Gasteiger partial charge in [0.05, 0.1) is 22.4 Å². The van der Waals surface area contributed by atoms with Crippen molar-refractivity contribution in [3.8, 4) is 28.3 Å². The number of hydrogen-bond acceptors (Lipinski definition) is 3. The lowest BCUT2D eigenvalue weighted by Crippen LogP contribution is -2.17. The molecule has 44 heavy (non-hydrogen) atoms. The summed E-state index contributed by atoms with van der Waals surface area (Å²) in [5.41, 5.74) is 10.1. The van der Waals surface area contributed by atoms with E-state index in [9.17, 15) is 0 Å². The molecule has 3 nitrogen and oxygen atoms in total. The summed E-state index contributed by atoms with van der Waals surface area (Å²) in [5.74, 6) is 0.883. The van der Waals surface area contributed by atoms with E-state index in [4.69, 9.17) is 22.6 Å². The Balaban J connectivity index is 1.58. The molecule has 0 unspecified atom stereocenters. The van der Waals surface area contributed by atoms with Crippen molar-refractivity contribution in [2.45, 2.75) is 83.5 Å². The van der Waals surface area contributed by atoms with Gasteiger partial charge in [0, 0.05) is 33.0 Å². The lowest BCUT2D eigenvalue weighted by molar-refractivity contribution is 0.560. The van der Waals surface area contributed by atoms with E-state index >= 15 is 0 Å². The van der Waals surface area contributed by atoms with E-state index < -0.39 is 0 Å². The zero-order valence-electron chi connectivity index (χ0n) is 27.4. The van der Waals surface area contributed by atoms with Crippen LogP contribution in [0.2, 0.25) is 0 Å². The van der Waals surface area contributed by atoms with Crippen LogP contribution in [-0.2, 0) is 16.2 Å². The Labute approximate surface area is 267 Å². The average Bonchev–Trinajstić information content (AvgIpc) is 3.29. The van der Waals surface area contributed by atoms with Crippen molar-refractivity contribution < 1.29 is 0 Å². The van der Waals surface area contributed by atoms with Crippen molar-refractivity contribution in [1.82, 2.24) is 14.5 Å². The Bertz CT molecular complexity index is 2030. The van der Waals surface area contributed by atoms with Gasteiger partial charge in [-0.25, -0.2) is 4.98 Å². The number of fused-ring (bicyclic) bond motifs is 3. The van der Waals surface area contributed by atoms with Crippen LogP contribution in [0.1, 0.15) is 79.0 Å². The molecule has 3 aromatic carbocycles. The van der Waals surface area contributed by atoms with Gasteiger partial charge >= 0.3 is 0 Å². The molecule has 0 radical (unpaired) electrons. The van der Waals surface area contributed by atoms with Gasteiger partial charge in [-0.2, -0.15) is 0 Å². The first-order valence-electron chi connectivity index (χ1n) is 15.5. The zero-order chi connectivity index (χ0) is 31.6. The van der Waals surface area contributed by atoms with Gasteiger partial charge in [0.1, 0.15) is 5.82 Å². The van der Waals surface area contributed by atoms with Gasteiger partial charge in [0.2, 0.25) is 0 Å². The summed E-state index contributed by atoms with van der Waals surface area (Å²) in [6.45, 7) is 20.3. The molecule has 0 saturated heterocycles. The summed E-state index contributed by atoms with van der Waals surface area (Å²) in [5, 5.41) is 2.40. The highest BCUT2D eigenvalue weighted by molar-refractivity contribution is 7.80. The number of hydrogen-bond donors (Lipinski definition) is 1. The van der Waals surface area contributed by atoms with Crippen molar-refractivity contribution in [2.75, 3.05) is 0 Å². The topological polar surface area (TPSA) is 30.7 Å². The fraction of sp³-hybridized carbons (Fsp3) is 0.300. The van der Waals surface area contributed by atoms with E-state index in [2.05, 4.69) is 152 Å². The normalized spacial score (nSPS) is 12.8. The summed E-state index contributed by atoms with van der Waals surface area (Å²) in [7, 11) is 0. The maximum Gasteiger partial charge on any atom is 0.138 e. The van der Waals surface area contributed by atoms with E-state index in [0.717, 1.165) is 44.3 Å². The van der Waals surface area contributed by atoms with Gasteiger partial charge in [-0.05, 0) is 75.4 Å². The Morgan fingerprint density at radius 3 is 2.00 bits per heavy atom. The predicted octanol–water partition coefficient (Wildman–Crippen LogP) is 11.1. The van der Waals surface area contributed by atoms with Crippen LogP contribution in [-0.4, -0.2) is 14.5 Å². The molecule has 0 bridgehead atoms. The fourth-order valence-electron chi connectivity index (χ4n) is 5.96. The number of para-hydroxylation sites is 1. The van der Waals surface area contributed by atoms with Crippen molar-refractivity contribution in [3.05, 3.63) is 108 Å². The maximum atomic E-state index is 5.34. The minimum atomic E-state index is -0.0493. The minimum absolute atomic E-state index is 0.00456. The molecule has 0 atom stereocenters. The average molecular weight is 598 g/mol. The van der Waals surface area contributed by atoms with Crippen LogP contribution >= 0.6 is 12.6 Å². The molecule has 0 amide bonds. The third-order valence-corrected chi connectivity index (χ3v) is 9.10. The van der Waals surface area contributed by atoms with E-state index in [0.29, 0.717) is 0 Å². The molecule has 3 aromatic heterocycles. The molecular weight excluding hydrogens is 555 g/mol. The van der Waals surface area contributed by atoms with Crippen molar-refractivity contribution >= 4 is 34.4 Å². The minimum Gasteiger partial charge on any atom is -0.294 e. The van der Waals surface area contributed by atoms with Gasteiger partial charge in [-0.1, -0.05) is 105 Å². The summed E-state index contributed by atoms with van der Waals surface area (Å²) in [6, 6.07) is 30.6. The Hall–Kier alpha value is -3.89. The smallest absolute Gasteiger partial charge is 0.138 e. The van der Waals surface area contributed by atoms with Crippen LogP contribution in [0.15, 0.2) is 96.0 Å². The first-order valence-corrected chi connectivity index (χ1v) is 15.9. The highest BCUT2D eigenvalue weighted by atomic mass is 32.1. The molecule has 6 aromatic rings. The number of nitrogens with zero attached hydrogens (tertiary/aromatic N) is 3. The molecular formula is C40H43N3S. The number of pyridine rings is 2. The lowest BCUT2D eigenvalue weighted by Gasteiger charge is -2.28. The highest BCUT2D eigenvalue weighted by Gasteiger charge is 2.25. The zero-order valence-corrected chi connectivity index (χ0v) is 28.3. The number of rotatable bonds is 3. The van der Waals surface area contributed by atoms with Crippen molar-refractivity contribution in [2.24, 2.45) is 0 Å². The molecule has 0 saturated carbocycles. The molecule has 224 valence electrons. The predicted molar refractivity (Wildman–Crippen MR) is 191 cm³/mol. The molecule has 0 aliphatic heterocycles. The van der Waals surface area contributed by atoms with Crippen LogP contribution in [0.3, 0.4) is 0 Å². The first kappa shape index (κ1) is 30.1. The largest absolute Gasteiger partial charge is 0.294 e. The fourth-order valence-corrected chi connectivity index (χ4v) is 6.54. The highest BCUT2D eigenvalue weighted by Crippen LogP contribution is 2.40.